The predicted octanol–water partition coefficient (Wildman–Crippen LogP) is -0.351. The van der Waals surface area contributed by atoms with Crippen LogP contribution in [0.3, 0.4) is 0 Å². The van der Waals surface area contributed by atoms with Gasteiger partial charge in [-0.25, -0.2) is 8.42 Å². The van der Waals surface area contributed by atoms with Gasteiger partial charge in [-0.2, -0.15) is 0 Å². The van der Waals surface area contributed by atoms with Gasteiger partial charge in [0.25, 0.3) is 0 Å². The lowest BCUT2D eigenvalue weighted by molar-refractivity contribution is -0.109. The Morgan fingerprint density at radius 1 is 1.30 bits per heavy atom. The number of fused-ring (bicyclic) bond motifs is 1. The van der Waals surface area contributed by atoms with Gasteiger partial charge < -0.3 is 15.5 Å². The van der Waals surface area contributed by atoms with E-state index in [0.717, 1.165) is 45.2 Å². The Bertz CT molecular complexity index is 467. The van der Waals surface area contributed by atoms with E-state index in [1.807, 2.05) is 4.90 Å². The SMILES string of the molecule is O=CNCCCCCCN1C(=S)NC2CS(=O)(=O)CC21. The van der Waals surface area contributed by atoms with Crippen LogP contribution in [0.4, 0.5) is 0 Å². The number of amides is 1. The number of carbonyl (C=O) groups excluding carboxylic acids is 1. The summed E-state index contributed by atoms with van der Waals surface area (Å²) >= 11 is 5.28. The first-order valence-electron chi connectivity index (χ1n) is 6.98. The third kappa shape index (κ3) is 3.82. The molecule has 2 fully saturated rings. The first-order chi connectivity index (χ1) is 9.53. The van der Waals surface area contributed by atoms with Crippen LogP contribution in [0.2, 0.25) is 0 Å². The van der Waals surface area contributed by atoms with Crippen LogP contribution in [-0.4, -0.2) is 61.5 Å². The van der Waals surface area contributed by atoms with Gasteiger partial charge in [-0.05, 0) is 25.1 Å². The van der Waals surface area contributed by atoms with Gasteiger partial charge in [0.15, 0.2) is 14.9 Å². The molecule has 0 radical (unpaired) electrons. The maximum Gasteiger partial charge on any atom is 0.207 e. The van der Waals surface area contributed by atoms with Gasteiger partial charge in [-0.1, -0.05) is 12.8 Å². The standard InChI is InChI=1S/C12H21N3O3S2/c16-9-13-5-3-1-2-4-6-15-11-8-20(17,18)7-10(11)14-12(15)19/h9-11H,1-8H2,(H,13,16)(H,14,19). The van der Waals surface area contributed by atoms with Gasteiger partial charge in [0, 0.05) is 13.1 Å². The molecular weight excluding hydrogens is 298 g/mol. The van der Waals surface area contributed by atoms with Crippen molar-refractivity contribution in [2.24, 2.45) is 0 Å². The van der Waals surface area contributed by atoms with Crippen molar-refractivity contribution >= 4 is 33.6 Å². The van der Waals surface area contributed by atoms with E-state index >= 15 is 0 Å². The lowest BCUT2D eigenvalue weighted by Crippen LogP contribution is -2.37. The fourth-order valence-corrected chi connectivity index (χ4v) is 5.15. The number of nitrogens with zero attached hydrogens (tertiary/aromatic N) is 1. The highest BCUT2D eigenvalue weighted by atomic mass is 32.2. The van der Waals surface area contributed by atoms with Crippen molar-refractivity contribution in [3.05, 3.63) is 0 Å². The minimum Gasteiger partial charge on any atom is -0.359 e. The van der Waals surface area contributed by atoms with E-state index in [4.69, 9.17) is 12.2 Å². The molecule has 6 nitrogen and oxygen atoms in total. The molecule has 2 atom stereocenters. The summed E-state index contributed by atoms with van der Waals surface area (Å²) in [5.41, 5.74) is 0. The van der Waals surface area contributed by atoms with E-state index in [1.165, 1.54) is 0 Å². The summed E-state index contributed by atoms with van der Waals surface area (Å²) in [5.74, 6) is 0.416. The van der Waals surface area contributed by atoms with Crippen LogP contribution in [0.1, 0.15) is 25.7 Å². The Balaban J connectivity index is 1.70. The number of rotatable bonds is 8. The Labute approximate surface area is 125 Å². The van der Waals surface area contributed by atoms with Crippen LogP contribution in [0.5, 0.6) is 0 Å². The quantitative estimate of drug-likeness (QED) is 0.362. The van der Waals surface area contributed by atoms with Gasteiger partial charge in [-0.15, -0.1) is 0 Å². The second-order valence-corrected chi connectivity index (χ2v) is 7.92. The molecule has 2 aliphatic heterocycles. The smallest absolute Gasteiger partial charge is 0.207 e. The summed E-state index contributed by atoms with van der Waals surface area (Å²) in [7, 11) is -2.91. The van der Waals surface area contributed by atoms with Gasteiger partial charge in [0.1, 0.15) is 0 Å². The lowest BCUT2D eigenvalue weighted by atomic mass is 10.1. The normalized spacial score (nSPS) is 27.2. The molecule has 2 saturated heterocycles. The Hall–Kier alpha value is -0.890. The zero-order valence-corrected chi connectivity index (χ0v) is 13.0. The lowest BCUT2D eigenvalue weighted by Gasteiger charge is -2.23. The molecule has 2 heterocycles. The van der Waals surface area contributed by atoms with Crippen molar-refractivity contribution < 1.29 is 13.2 Å². The topological polar surface area (TPSA) is 78.5 Å². The van der Waals surface area contributed by atoms with Gasteiger partial charge >= 0.3 is 0 Å². The molecule has 0 aliphatic carbocycles. The minimum atomic E-state index is -2.91. The minimum absolute atomic E-state index is 0.0178. The Morgan fingerprint density at radius 3 is 2.80 bits per heavy atom. The second-order valence-electron chi connectivity index (χ2n) is 5.38. The van der Waals surface area contributed by atoms with E-state index in [2.05, 4.69) is 10.6 Å². The van der Waals surface area contributed by atoms with Crippen molar-refractivity contribution in [1.29, 1.82) is 0 Å². The molecule has 0 saturated carbocycles. The molecule has 1 amide bonds. The van der Waals surface area contributed by atoms with E-state index in [9.17, 15) is 13.2 Å². The predicted molar refractivity (Wildman–Crippen MR) is 81.2 cm³/mol. The molecule has 0 aromatic rings. The third-order valence-corrected chi connectivity index (χ3v) is 5.91. The van der Waals surface area contributed by atoms with E-state index in [1.54, 1.807) is 0 Å². The molecule has 0 aromatic carbocycles. The summed E-state index contributed by atoms with van der Waals surface area (Å²) < 4.78 is 23.3. The number of unbranched alkanes of at least 4 members (excludes halogenated alkanes) is 3. The maximum atomic E-state index is 11.6. The molecule has 114 valence electrons. The average molecular weight is 319 g/mol. The number of thiocarbonyl (C=S) groups is 1. The third-order valence-electron chi connectivity index (χ3n) is 3.85. The number of hydrogen-bond acceptors (Lipinski definition) is 4. The van der Waals surface area contributed by atoms with Crippen LogP contribution in [-0.2, 0) is 14.6 Å². The van der Waals surface area contributed by atoms with Crippen molar-refractivity contribution in [1.82, 2.24) is 15.5 Å². The molecule has 0 spiro atoms. The molecule has 2 unspecified atom stereocenters. The highest BCUT2D eigenvalue weighted by Crippen LogP contribution is 2.24. The fourth-order valence-electron chi connectivity index (χ4n) is 2.86. The fraction of sp³-hybridized carbons (Fsp3) is 0.833. The molecule has 0 bridgehead atoms. The van der Waals surface area contributed by atoms with Crippen LogP contribution in [0.15, 0.2) is 0 Å². The molecule has 0 aromatic heterocycles. The molecule has 2 rings (SSSR count). The number of nitrogens with one attached hydrogen (secondary N) is 2. The monoisotopic (exact) mass is 319 g/mol. The number of hydrogen-bond donors (Lipinski definition) is 2. The zero-order chi connectivity index (χ0) is 14.6. The molecule has 8 heteroatoms. The molecular formula is C12H21N3O3S2. The van der Waals surface area contributed by atoms with Crippen molar-refractivity contribution in [3.8, 4) is 0 Å². The Kier molecular flexibility index (Phi) is 5.20. The number of carbonyl (C=O) groups is 1. The zero-order valence-electron chi connectivity index (χ0n) is 11.4. The average Bonchev–Trinajstić information content (AvgIpc) is 2.80. The Morgan fingerprint density at radius 2 is 2.05 bits per heavy atom. The van der Waals surface area contributed by atoms with Crippen LogP contribution >= 0.6 is 12.2 Å². The van der Waals surface area contributed by atoms with Crippen LogP contribution in [0.25, 0.3) is 0 Å². The number of sulfone groups is 1. The summed E-state index contributed by atoms with van der Waals surface area (Å²) in [6.45, 7) is 1.53. The largest absolute Gasteiger partial charge is 0.359 e. The van der Waals surface area contributed by atoms with Crippen molar-refractivity contribution in [2.45, 2.75) is 37.8 Å². The summed E-state index contributed by atoms with van der Waals surface area (Å²) in [6, 6.07) is -0.00600. The second kappa shape index (κ2) is 6.71. The van der Waals surface area contributed by atoms with Gasteiger partial charge in [0.2, 0.25) is 6.41 Å². The summed E-state index contributed by atoms with van der Waals surface area (Å²) in [5, 5.41) is 6.45. The summed E-state index contributed by atoms with van der Waals surface area (Å²) in [4.78, 5) is 12.1. The first kappa shape index (κ1) is 15.5. The highest BCUT2D eigenvalue weighted by Gasteiger charge is 2.46. The maximum absolute atomic E-state index is 11.6. The van der Waals surface area contributed by atoms with Crippen molar-refractivity contribution in [3.63, 3.8) is 0 Å². The molecule has 2 aliphatic rings. The van der Waals surface area contributed by atoms with E-state index < -0.39 is 9.84 Å². The van der Waals surface area contributed by atoms with Gasteiger partial charge in [0.05, 0.1) is 23.6 Å². The van der Waals surface area contributed by atoms with Crippen LogP contribution < -0.4 is 10.6 Å². The van der Waals surface area contributed by atoms with Gasteiger partial charge in [-0.3, -0.25) is 4.79 Å². The van der Waals surface area contributed by atoms with E-state index in [0.29, 0.717) is 5.11 Å². The first-order valence-corrected chi connectivity index (χ1v) is 9.21. The van der Waals surface area contributed by atoms with Crippen LogP contribution in [0, 0.1) is 0 Å². The highest BCUT2D eigenvalue weighted by molar-refractivity contribution is 7.91. The van der Waals surface area contributed by atoms with Crippen molar-refractivity contribution in [2.75, 3.05) is 24.6 Å². The summed E-state index contributed by atoms with van der Waals surface area (Å²) in [6.07, 6.45) is 4.80. The molecule has 20 heavy (non-hydrogen) atoms. The molecule has 2 N–H and O–H groups in total. The van der Waals surface area contributed by atoms with E-state index in [-0.39, 0.29) is 23.6 Å².